The highest BCUT2D eigenvalue weighted by Gasteiger charge is 2.26. The van der Waals surface area contributed by atoms with Crippen molar-refractivity contribution in [2.45, 2.75) is 12.8 Å². The Morgan fingerprint density at radius 3 is 2.73 bits per heavy atom. The third kappa shape index (κ3) is 3.49. The molecule has 1 N–H and O–H groups in total. The number of esters is 1. The van der Waals surface area contributed by atoms with E-state index >= 15 is 0 Å². The van der Waals surface area contributed by atoms with Crippen molar-refractivity contribution < 1.29 is 14.5 Å². The van der Waals surface area contributed by atoms with Crippen molar-refractivity contribution in [1.82, 2.24) is 0 Å². The molecule has 0 saturated heterocycles. The molecule has 0 fully saturated rings. The molecule has 0 aromatic heterocycles. The first kappa shape index (κ1) is 17.4. The predicted octanol–water partition coefficient (Wildman–Crippen LogP) is 2.95. The van der Waals surface area contributed by atoms with Crippen LogP contribution in [0.2, 0.25) is 0 Å². The number of nitrogens with one attached hydrogen (secondary N) is 1. The van der Waals surface area contributed by atoms with E-state index in [9.17, 15) is 14.9 Å². The minimum absolute atomic E-state index is 0.0535. The molecule has 0 amide bonds. The number of amidine groups is 1. The number of carbonyl (C=O) groups excluding carboxylic acids is 1. The van der Waals surface area contributed by atoms with Crippen LogP contribution in [0.15, 0.2) is 53.6 Å². The molecular formula is C18H18N4O4. The predicted molar refractivity (Wildman–Crippen MR) is 98.3 cm³/mol. The lowest BCUT2D eigenvalue weighted by molar-refractivity contribution is -0.384. The molecule has 0 radical (unpaired) electrons. The van der Waals surface area contributed by atoms with Gasteiger partial charge in [0.25, 0.3) is 5.69 Å². The smallest absolute Gasteiger partial charge is 0.376 e. The maximum absolute atomic E-state index is 12.3. The molecule has 134 valence electrons. The Kier molecular flexibility index (Phi) is 5.12. The number of hydrogen-bond acceptors (Lipinski definition) is 6. The third-order valence-electron chi connectivity index (χ3n) is 4.12. The van der Waals surface area contributed by atoms with Gasteiger partial charge in [-0.15, -0.1) is 5.10 Å². The van der Waals surface area contributed by atoms with E-state index in [1.165, 1.54) is 19.2 Å². The summed E-state index contributed by atoms with van der Waals surface area (Å²) in [7, 11) is 1.28. The lowest BCUT2D eigenvalue weighted by atomic mass is 10.0. The highest BCUT2D eigenvalue weighted by atomic mass is 16.6. The zero-order valence-electron chi connectivity index (χ0n) is 14.2. The Hall–Kier alpha value is -3.42. The molecular weight excluding hydrogens is 336 g/mol. The second-order valence-electron chi connectivity index (χ2n) is 5.70. The molecule has 0 spiro atoms. The highest BCUT2D eigenvalue weighted by molar-refractivity contribution is 6.41. The van der Waals surface area contributed by atoms with Crippen LogP contribution >= 0.6 is 0 Å². The van der Waals surface area contributed by atoms with Gasteiger partial charge in [0.1, 0.15) is 5.69 Å². The van der Waals surface area contributed by atoms with Crippen LogP contribution in [0, 0.1) is 10.1 Å². The van der Waals surface area contributed by atoms with Crippen LogP contribution in [0.5, 0.6) is 0 Å². The van der Waals surface area contributed by atoms with Gasteiger partial charge in [-0.2, -0.15) is 0 Å². The van der Waals surface area contributed by atoms with Crippen molar-refractivity contribution in [2.24, 2.45) is 5.10 Å². The van der Waals surface area contributed by atoms with Gasteiger partial charge in [0.2, 0.25) is 5.84 Å². The highest BCUT2D eigenvalue weighted by Crippen LogP contribution is 2.28. The number of para-hydroxylation sites is 3. The summed E-state index contributed by atoms with van der Waals surface area (Å²) < 4.78 is 4.86. The summed E-state index contributed by atoms with van der Waals surface area (Å²) >= 11 is 0. The van der Waals surface area contributed by atoms with Gasteiger partial charge in [0.05, 0.1) is 12.0 Å². The van der Waals surface area contributed by atoms with Crippen LogP contribution in [0.25, 0.3) is 0 Å². The number of aryl methyl sites for hydroxylation is 1. The molecule has 3 rings (SSSR count). The zero-order valence-corrected chi connectivity index (χ0v) is 14.2. The van der Waals surface area contributed by atoms with E-state index in [1.807, 2.05) is 24.3 Å². The number of rotatable bonds is 3. The number of ether oxygens (including phenoxy) is 1. The molecule has 0 aliphatic carbocycles. The molecule has 0 saturated carbocycles. The van der Waals surface area contributed by atoms with Gasteiger partial charge in [-0.1, -0.05) is 30.3 Å². The van der Waals surface area contributed by atoms with Gasteiger partial charge < -0.3 is 9.64 Å². The maximum atomic E-state index is 12.3. The monoisotopic (exact) mass is 354 g/mol. The Morgan fingerprint density at radius 1 is 1.23 bits per heavy atom. The van der Waals surface area contributed by atoms with E-state index in [-0.39, 0.29) is 17.2 Å². The van der Waals surface area contributed by atoms with Crippen LogP contribution in [0.4, 0.5) is 17.1 Å². The third-order valence-corrected chi connectivity index (χ3v) is 4.12. The quantitative estimate of drug-likeness (QED) is 0.299. The fourth-order valence-electron chi connectivity index (χ4n) is 2.90. The van der Waals surface area contributed by atoms with Crippen molar-refractivity contribution in [2.75, 3.05) is 24.0 Å². The topological polar surface area (TPSA) is 97.1 Å². The molecule has 1 heterocycles. The lowest BCUT2D eigenvalue weighted by Gasteiger charge is -2.30. The number of nitrogens with zero attached hydrogens (tertiary/aromatic N) is 3. The average Bonchev–Trinajstić information content (AvgIpc) is 2.68. The average molecular weight is 354 g/mol. The molecule has 1 aliphatic heterocycles. The van der Waals surface area contributed by atoms with Crippen LogP contribution < -0.4 is 10.3 Å². The Morgan fingerprint density at radius 2 is 1.96 bits per heavy atom. The number of fused-ring (bicyclic) bond motifs is 1. The Balaban J connectivity index is 1.97. The maximum Gasteiger partial charge on any atom is 0.376 e. The summed E-state index contributed by atoms with van der Waals surface area (Å²) in [5.41, 5.74) is 4.71. The second kappa shape index (κ2) is 7.64. The van der Waals surface area contributed by atoms with E-state index in [2.05, 4.69) is 10.5 Å². The lowest BCUT2D eigenvalue weighted by Crippen LogP contribution is -2.41. The molecule has 8 heteroatoms. The fraction of sp³-hybridized carbons (Fsp3) is 0.222. The van der Waals surface area contributed by atoms with Crippen molar-refractivity contribution in [3.63, 3.8) is 0 Å². The first-order valence-corrected chi connectivity index (χ1v) is 8.12. The van der Waals surface area contributed by atoms with Crippen molar-refractivity contribution >= 4 is 28.9 Å². The van der Waals surface area contributed by atoms with Crippen molar-refractivity contribution in [3.8, 4) is 0 Å². The summed E-state index contributed by atoms with van der Waals surface area (Å²) in [6, 6.07) is 13.9. The molecule has 0 bridgehead atoms. The molecule has 0 atom stereocenters. The molecule has 2 aromatic rings. The molecule has 8 nitrogen and oxygen atoms in total. The molecule has 2 aromatic carbocycles. The second-order valence-corrected chi connectivity index (χ2v) is 5.70. The fourth-order valence-corrected chi connectivity index (χ4v) is 2.90. The van der Waals surface area contributed by atoms with E-state index in [0.717, 1.165) is 24.1 Å². The normalized spacial score (nSPS) is 13.7. The van der Waals surface area contributed by atoms with E-state index in [1.54, 1.807) is 17.0 Å². The Labute approximate surface area is 150 Å². The van der Waals surface area contributed by atoms with E-state index in [0.29, 0.717) is 6.54 Å². The first-order valence-electron chi connectivity index (χ1n) is 8.12. The van der Waals surface area contributed by atoms with Crippen molar-refractivity contribution in [3.05, 3.63) is 64.2 Å². The van der Waals surface area contributed by atoms with Gasteiger partial charge in [-0.3, -0.25) is 15.5 Å². The Bertz CT molecular complexity index is 866. The van der Waals surface area contributed by atoms with E-state index in [4.69, 9.17) is 4.74 Å². The molecule has 0 unspecified atom stereocenters. The first-order chi connectivity index (χ1) is 12.6. The van der Waals surface area contributed by atoms with Crippen LogP contribution in [0.3, 0.4) is 0 Å². The number of nitro groups is 1. The summed E-state index contributed by atoms with van der Waals surface area (Å²) in [6.07, 6.45) is 1.78. The SMILES string of the molecule is COC(=O)C(=NNc1ccccc1[N+](=O)[O-])N1CCCc2ccccc21. The van der Waals surface area contributed by atoms with Gasteiger partial charge in [-0.25, -0.2) is 4.79 Å². The van der Waals surface area contributed by atoms with Gasteiger partial charge in [0.15, 0.2) is 0 Å². The summed E-state index contributed by atoms with van der Waals surface area (Å²) in [6.45, 7) is 0.601. The largest absolute Gasteiger partial charge is 0.463 e. The zero-order chi connectivity index (χ0) is 18.5. The minimum Gasteiger partial charge on any atom is -0.463 e. The van der Waals surface area contributed by atoms with Crippen LogP contribution in [-0.4, -0.2) is 30.4 Å². The van der Waals surface area contributed by atoms with Gasteiger partial charge >= 0.3 is 5.97 Å². The van der Waals surface area contributed by atoms with E-state index < -0.39 is 10.9 Å². The molecule has 26 heavy (non-hydrogen) atoms. The van der Waals surface area contributed by atoms with Gasteiger partial charge in [0, 0.05) is 18.3 Å². The number of carbonyl (C=O) groups is 1. The summed E-state index contributed by atoms with van der Waals surface area (Å²) in [4.78, 5) is 24.7. The number of hydrazone groups is 1. The van der Waals surface area contributed by atoms with Crippen molar-refractivity contribution in [1.29, 1.82) is 0 Å². The minimum atomic E-state index is -0.618. The van der Waals surface area contributed by atoms with Crippen LogP contribution in [0.1, 0.15) is 12.0 Å². The van der Waals surface area contributed by atoms with Crippen LogP contribution in [-0.2, 0) is 16.0 Å². The van der Waals surface area contributed by atoms with Gasteiger partial charge in [-0.05, 0) is 30.5 Å². The standard InChI is InChI=1S/C18H18N4O4/c1-26-18(23)17(20-19-14-9-3-5-11-16(14)22(24)25)21-12-6-8-13-7-2-4-10-15(13)21/h2-5,7,9-11,19H,6,8,12H2,1H3. The number of methoxy groups -OCH3 is 1. The number of nitro benzene ring substituents is 1. The molecule has 1 aliphatic rings. The number of anilines is 2. The summed E-state index contributed by atoms with van der Waals surface area (Å²) in [5, 5.41) is 15.3. The summed E-state index contributed by atoms with van der Waals surface area (Å²) in [5.74, 6) is -0.564. The number of benzene rings is 2. The number of hydrogen-bond donors (Lipinski definition) is 1.